The topological polar surface area (TPSA) is 53.5 Å². The third-order valence-electron chi connectivity index (χ3n) is 16.3. The van der Waals surface area contributed by atoms with Gasteiger partial charge in [0.2, 0.25) is 0 Å². The van der Waals surface area contributed by atoms with Gasteiger partial charge in [0.15, 0.2) is 0 Å². The molecule has 7 aromatic carbocycles. The van der Waals surface area contributed by atoms with E-state index in [1.54, 1.807) is 0 Å². The largest absolute Gasteiger partial charge is 0.309 e. The summed E-state index contributed by atoms with van der Waals surface area (Å²) >= 11 is 0. The number of nitrogens with zero attached hydrogens (tertiary/aromatic N) is 6. The second-order valence-corrected chi connectivity index (χ2v) is 25.9. The molecule has 0 atom stereocenters. The van der Waals surface area contributed by atoms with E-state index in [9.17, 15) is 0 Å². The number of rotatable bonds is 6. The van der Waals surface area contributed by atoms with Crippen molar-refractivity contribution in [3.05, 3.63) is 216 Å². The zero-order chi connectivity index (χ0) is 54.9. The van der Waals surface area contributed by atoms with Crippen molar-refractivity contribution in [2.24, 2.45) is 0 Å². The van der Waals surface area contributed by atoms with Crippen molar-refractivity contribution in [3.63, 3.8) is 0 Å². The molecule has 6 nitrogen and oxygen atoms in total. The predicted octanol–water partition coefficient (Wildman–Crippen LogP) is 19.4. The molecule has 390 valence electrons. The zero-order valence-electron chi connectivity index (χ0n) is 47.7. The fraction of sp³-hybridized carbons (Fsp3) is 0.219. The van der Waals surface area contributed by atoms with Crippen LogP contribution < -0.4 is 0 Å². The minimum absolute atomic E-state index is 0.00895. The van der Waals surface area contributed by atoms with Crippen LogP contribution in [0.2, 0.25) is 0 Å². The van der Waals surface area contributed by atoms with E-state index in [-0.39, 0.29) is 21.7 Å². The molecule has 0 N–H and O–H groups in total. The Balaban J connectivity index is 1.01. The molecular formula is C73H68N6. The normalized spacial score (nSPS) is 12.8. The Bertz CT molecular complexity index is 4440. The fourth-order valence-corrected chi connectivity index (χ4v) is 11.8. The van der Waals surface area contributed by atoms with Crippen molar-refractivity contribution in [2.45, 2.75) is 105 Å². The van der Waals surface area contributed by atoms with Gasteiger partial charge in [0.05, 0.1) is 61.6 Å². The van der Waals surface area contributed by atoms with Crippen LogP contribution in [0.4, 0.5) is 0 Å². The summed E-state index contributed by atoms with van der Waals surface area (Å²) < 4.78 is 7.03. The van der Waals surface area contributed by atoms with Gasteiger partial charge in [-0.15, -0.1) is 0 Å². The van der Waals surface area contributed by atoms with Crippen LogP contribution in [-0.4, -0.2) is 28.7 Å². The Morgan fingerprint density at radius 1 is 0.253 bits per heavy atom. The van der Waals surface area contributed by atoms with Gasteiger partial charge in [-0.05, 0) is 152 Å². The smallest absolute Gasteiger partial charge is 0.138 e. The third-order valence-corrected chi connectivity index (χ3v) is 16.3. The average Bonchev–Trinajstić information content (AvgIpc) is 3.93. The third kappa shape index (κ3) is 8.60. The van der Waals surface area contributed by atoms with Crippen LogP contribution in [0.1, 0.15) is 105 Å². The molecule has 79 heavy (non-hydrogen) atoms. The van der Waals surface area contributed by atoms with Crippen LogP contribution in [-0.2, 0) is 21.7 Å². The highest BCUT2D eigenvalue weighted by atomic mass is 15.1. The molecular weight excluding hydrogens is 961 g/mol. The summed E-state index contributed by atoms with van der Waals surface area (Å²) in [5.74, 6) is 1.66. The molecule has 6 heterocycles. The lowest BCUT2D eigenvalue weighted by atomic mass is 9.85. The fourth-order valence-electron chi connectivity index (χ4n) is 11.8. The highest BCUT2D eigenvalue weighted by Crippen LogP contribution is 2.41. The highest BCUT2D eigenvalue weighted by molar-refractivity contribution is 6.12. The second-order valence-electron chi connectivity index (χ2n) is 25.9. The molecule has 6 aromatic heterocycles. The highest BCUT2D eigenvalue weighted by Gasteiger charge is 2.25. The van der Waals surface area contributed by atoms with Crippen molar-refractivity contribution >= 4 is 65.4 Å². The summed E-state index contributed by atoms with van der Waals surface area (Å²) in [4.78, 5) is 16.7. The van der Waals surface area contributed by atoms with E-state index in [2.05, 4.69) is 291 Å². The average molecular weight is 1030 g/mol. The molecule has 13 rings (SSSR count). The lowest BCUT2D eigenvalue weighted by Gasteiger charge is -2.19. The maximum atomic E-state index is 5.59. The van der Waals surface area contributed by atoms with Crippen LogP contribution in [0.25, 0.3) is 117 Å². The molecule has 0 aliphatic heterocycles. The number of pyridine rings is 3. The van der Waals surface area contributed by atoms with Crippen LogP contribution in [0.3, 0.4) is 0 Å². The quantitative estimate of drug-likeness (QED) is 0.167. The van der Waals surface area contributed by atoms with Gasteiger partial charge in [-0.1, -0.05) is 180 Å². The molecule has 0 bridgehead atoms. The maximum Gasteiger partial charge on any atom is 0.138 e. The first-order chi connectivity index (χ1) is 37.7. The van der Waals surface area contributed by atoms with Crippen molar-refractivity contribution < 1.29 is 0 Å². The molecule has 13 aromatic rings. The van der Waals surface area contributed by atoms with E-state index in [1.165, 1.54) is 65.7 Å². The molecule has 0 saturated heterocycles. The number of fused-ring (bicyclic) bond motifs is 9. The Morgan fingerprint density at radius 2 is 0.608 bits per heavy atom. The minimum atomic E-state index is -0.0317. The molecule has 0 spiro atoms. The lowest BCUT2D eigenvalue weighted by Crippen LogP contribution is -2.10. The van der Waals surface area contributed by atoms with E-state index in [0.717, 1.165) is 73.2 Å². The molecule has 0 fully saturated rings. The summed E-state index contributed by atoms with van der Waals surface area (Å²) in [6, 6.07) is 71.3. The molecule has 0 unspecified atom stereocenters. The van der Waals surface area contributed by atoms with Gasteiger partial charge < -0.3 is 4.57 Å². The van der Waals surface area contributed by atoms with Crippen LogP contribution >= 0.6 is 0 Å². The Kier molecular flexibility index (Phi) is 11.4. The zero-order valence-corrected chi connectivity index (χ0v) is 47.7. The van der Waals surface area contributed by atoms with Crippen LogP contribution in [0.5, 0.6) is 0 Å². The number of hydrogen-bond donors (Lipinski definition) is 0. The monoisotopic (exact) mass is 1030 g/mol. The van der Waals surface area contributed by atoms with E-state index in [0.29, 0.717) is 0 Å². The Hall–Kier alpha value is -8.61. The molecule has 0 radical (unpaired) electrons. The first kappa shape index (κ1) is 49.9. The Labute approximate surface area is 464 Å². The number of benzene rings is 7. The van der Waals surface area contributed by atoms with Gasteiger partial charge in [0.25, 0.3) is 0 Å². The summed E-state index contributed by atoms with van der Waals surface area (Å²) in [5, 5.41) is 7.24. The minimum Gasteiger partial charge on any atom is -0.309 e. The second kappa shape index (κ2) is 18.0. The molecule has 6 heteroatoms. The number of aromatic nitrogens is 6. The summed E-state index contributed by atoms with van der Waals surface area (Å²) in [6.07, 6.45) is 0. The standard InChI is InChI=1S/C73H68N6/c1-70(2,3)47-30-27-45(28-31-47)46-29-35-64-54(39-46)55-40-48(71(4,5)6)32-36-65(55)78(64)68-25-17-21-58(75-68)60-43-51(77-62-23-15-13-19-52(62)53-20-14-16-24-63(53)77)44-61(74-60)59-22-18-26-69(76-59)79-66-37-33-49(72(7,8)9)41-56(66)57-42-50(73(10,11)12)34-38-67(57)79/h13-44H,1-12H3. The SMILES string of the molecule is CC(C)(C)c1ccc(-c2ccc3c(c2)c2cc(C(C)(C)C)ccc2n3-c2cccc(-c3cc(-n4c5ccccc5c5ccccc54)cc(-c4cccc(-n5c6ccc(C(C)(C)C)cc6c6cc(C(C)(C)C)ccc65)n4)n3)n2)cc1. The van der Waals surface area contributed by atoms with Crippen molar-refractivity contribution in [3.8, 4) is 51.2 Å². The van der Waals surface area contributed by atoms with Crippen LogP contribution in [0.15, 0.2) is 194 Å². The molecule has 0 amide bonds. The number of hydrogen-bond acceptors (Lipinski definition) is 3. The summed E-state index contributed by atoms with van der Waals surface area (Å²) in [7, 11) is 0. The van der Waals surface area contributed by atoms with Crippen LogP contribution in [0, 0.1) is 0 Å². The molecule has 0 saturated carbocycles. The first-order valence-electron chi connectivity index (χ1n) is 27.9. The predicted molar refractivity (Wildman–Crippen MR) is 334 cm³/mol. The van der Waals surface area contributed by atoms with Gasteiger partial charge in [-0.2, -0.15) is 0 Å². The first-order valence-corrected chi connectivity index (χ1v) is 27.9. The van der Waals surface area contributed by atoms with Gasteiger partial charge in [-0.25, -0.2) is 15.0 Å². The molecule has 0 aliphatic carbocycles. The van der Waals surface area contributed by atoms with Gasteiger partial charge >= 0.3 is 0 Å². The van der Waals surface area contributed by atoms with Gasteiger partial charge in [0, 0.05) is 32.3 Å². The van der Waals surface area contributed by atoms with E-state index in [4.69, 9.17) is 15.0 Å². The van der Waals surface area contributed by atoms with Crippen molar-refractivity contribution in [1.82, 2.24) is 28.7 Å². The van der Waals surface area contributed by atoms with Gasteiger partial charge in [0.1, 0.15) is 11.6 Å². The maximum absolute atomic E-state index is 5.59. The summed E-state index contributed by atoms with van der Waals surface area (Å²) in [5.41, 5.74) is 18.4. The van der Waals surface area contributed by atoms with Crippen molar-refractivity contribution in [1.29, 1.82) is 0 Å². The van der Waals surface area contributed by atoms with E-state index in [1.807, 2.05) is 0 Å². The van der Waals surface area contributed by atoms with E-state index < -0.39 is 0 Å². The summed E-state index contributed by atoms with van der Waals surface area (Å²) in [6.45, 7) is 27.4. The van der Waals surface area contributed by atoms with E-state index >= 15 is 0 Å². The number of para-hydroxylation sites is 2. The Morgan fingerprint density at radius 3 is 1.03 bits per heavy atom. The lowest BCUT2D eigenvalue weighted by molar-refractivity contribution is 0.590. The molecule has 0 aliphatic rings. The van der Waals surface area contributed by atoms with Crippen molar-refractivity contribution in [2.75, 3.05) is 0 Å². The van der Waals surface area contributed by atoms with Gasteiger partial charge in [-0.3, -0.25) is 9.13 Å².